The number of nitrogens with zero attached hydrogens (tertiary/aromatic N) is 1. The average molecular weight is 519 g/mol. The third-order valence-corrected chi connectivity index (χ3v) is 7.97. The van der Waals surface area contributed by atoms with Crippen molar-refractivity contribution in [3.8, 4) is 0 Å². The molecule has 0 saturated carbocycles. The zero-order chi connectivity index (χ0) is 26.2. The minimum absolute atomic E-state index is 0.0927. The monoisotopic (exact) mass is 518 g/mol. The lowest BCUT2D eigenvalue weighted by Gasteiger charge is -2.27. The molecule has 1 aromatic carbocycles. The Hall–Kier alpha value is -3.51. The van der Waals surface area contributed by atoms with Crippen LogP contribution in [0.4, 0.5) is 10.1 Å². The van der Waals surface area contributed by atoms with E-state index < -0.39 is 27.7 Å². The zero-order valence-corrected chi connectivity index (χ0v) is 20.7. The van der Waals surface area contributed by atoms with Crippen LogP contribution in [0.15, 0.2) is 18.2 Å². The van der Waals surface area contributed by atoms with Gasteiger partial charge in [-0.1, -0.05) is 0 Å². The molecule has 10 nitrogen and oxygen atoms in total. The number of hydrogen-bond donors (Lipinski definition) is 4. The number of H-pyrrole nitrogens is 1. The third-order valence-electron chi connectivity index (χ3n) is 6.36. The molecule has 4 rings (SSSR count). The number of nitrogens with one attached hydrogen (secondary N) is 3. The minimum Gasteiger partial charge on any atom is -0.391 e. The van der Waals surface area contributed by atoms with Gasteiger partial charge in [0, 0.05) is 42.3 Å². The predicted molar refractivity (Wildman–Crippen MR) is 131 cm³/mol. The molecular formula is C24H27FN4O6S. The highest BCUT2D eigenvalue weighted by Crippen LogP contribution is 2.34. The summed E-state index contributed by atoms with van der Waals surface area (Å²) in [6.07, 6.45) is 0.176. The Kier molecular flexibility index (Phi) is 7.01. The van der Waals surface area contributed by atoms with Crippen LogP contribution in [0.1, 0.15) is 39.3 Å². The van der Waals surface area contributed by atoms with Crippen LogP contribution < -0.4 is 10.6 Å². The maximum absolute atomic E-state index is 13.7. The van der Waals surface area contributed by atoms with E-state index in [1.165, 1.54) is 23.1 Å². The van der Waals surface area contributed by atoms with Gasteiger partial charge in [-0.05, 0) is 43.7 Å². The summed E-state index contributed by atoms with van der Waals surface area (Å²) < 4.78 is 36.8. The number of aromatic amines is 1. The third kappa shape index (κ3) is 5.34. The first-order valence-electron chi connectivity index (χ1n) is 11.4. The van der Waals surface area contributed by atoms with Crippen LogP contribution in [0.3, 0.4) is 0 Å². The zero-order valence-electron chi connectivity index (χ0n) is 19.9. The van der Waals surface area contributed by atoms with E-state index in [1.807, 2.05) is 0 Å². The molecule has 2 aliphatic rings. The first-order valence-corrected chi connectivity index (χ1v) is 13.2. The molecule has 1 atom stereocenters. The molecule has 36 heavy (non-hydrogen) atoms. The normalized spacial score (nSPS) is 18.6. The number of carbonyl (C=O) groups is 3. The van der Waals surface area contributed by atoms with Crippen molar-refractivity contribution in [3.63, 3.8) is 0 Å². The molecule has 1 aromatic heterocycles. The van der Waals surface area contributed by atoms with Crippen LogP contribution in [0.25, 0.3) is 11.6 Å². The molecule has 4 N–H and O–H groups in total. The van der Waals surface area contributed by atoms with Crippen LogP contribution in [0, 0.1) is 19.7 Å². The second-order valence-electron chi connectivity index (χ2n) is 8.97. The largest absolute Gasteiger partial charge is 0.391 e. The number of benzene rings is 1. The lowest BCUT2D eigenvalue weighted by molar-refractivity contribution is -0.132. The second kappa shape index (κ2) is 9.86. The van der Waals surface area contributed by atoms with Gasteiger partial charge in [0.05, 0.1) is 35.2 Å². The molecular weight excluding hydrogens is 491 g/mol. The van der Waals surface area contributed by atoms with Gasteiger partial charge < -0.3 is 25.6 Å². The molecule has 192 valence electrons. The quantitative estimate of drug-likeness (QED) is 0.419. The van der Waals surface area contributed by atoms with Gasteiger partial charge in [-0.3, -0.25) is 14.4 Å². The fourth-order valence-corrected chi connectivity index (χ4v) is 5.57. The summed E-state index contributed by atoms with van der Waals surface area (Å²) in [5.74, 6) is -1.90. The fourth-order valence-electron chi connectivity index (χ4n) is 4.37. The number of aromatic nitrogens is 1. The number of aryl methyl sites for hydroxylation is 1. The second-order valence-corrected chi connectivity index (χ2v) is 11.3. The van der Waals surface area contributed by atoms with Crippen molar-refractivity contribution in [1.82, 2.24) is 15.2 Å². The van der Waals surface area contributed by atoms with Gasteiger partial charge in [-0.15, -0.1) is 0 Å². The highest BCUT2D eigenvalue weighted by Gasteiger charge is 2.28. The summed E-state index contributed by atoms with van der Waals surface area (Å²) in [5.41, 5.74) is 3.14. The highest BCUT2D eigenvalue weighted by atomic mass is 32.2. The first-order chi connectivity index (χ1) is 16.9. The number of halogens is 1. The Morgan fingerprint density at radius 3 is 2.64 bits per heavy atom. The molecule has 0 aliphatic carbocycles. The van der Waals surface area contributed by atoms with E-state index in [-0.39, 0.29) is 54.9 Å². The van der Waals surface area contributed by atoms with Gasteiger partial charge >= 0.3 is 0 Å². The standard InChI is InChI=1S/C24H27FN4O6S/c1-13-20(11-18-17-9-15(25)3-4-19(17)28-23(18)32)27-14(2)22(13)24(33)26-12-16(30)10-21(31)29-5-7-36(34,35)8-6-29/h3-4,9,11,16,27,30H,5-8,10,12H2,1-2H3,(H,26,33)(H,28,32)/b18-11-. The van der Waals surface area contributed by atoms with E-state index >= 15 is 0 Å². The summed E-state index contributed by atoms with van der Waals surface area (Å²) in [6, 6.07) is 4.01. The number of hydrogen-bond acceptors (Lipinski definition) is 6. The Bertz CT molecular complexity index is 1370. The summed E-state index contributed by atoms with van der Waals surface area (Å²) >= 11 is 0. The molecule has 0 radical (unpaired) electrons. The topological polar surface area (TPSA) is 149 Å². The van der Waals surface area contributed by atoms with Crippen molar-refractivity contribution in [3.05, 3.63) is 52.1 Å². The van der Waals surface area contributed by atoms with Gasteiger partial charge in [-0.2, -0.15) is 0 Å². The number of anilines is 1. The van der Waals surface area contributed by atoms with Crippen LogP contribution in [-0.4, -0.2) is 78.4 Å². The van der Waals surface area contributed by atoms with Crippen molar-refractivity contribution in [2.24, 2.45) is 0 Å². The van der Waals surface area contributed by atoms with Crippen LogP contribution in [-0.2, 0) is 19.4 Å². The molecule has 2 aliphatic heterocycles. The van der Waals surface area contributed by atoms with Gasteiger partial charge in [0.2, 0.25) is 5.91 Å². The van der Waals surface area contributed by atoms with E-state index in [9.17, 15) is 32.3 Å². The van der Waals surface area contributed by atoms with Crippen LogP contribution in [0.5, 0.6) is 0 Å². The molecule has 0 bridgehead atoms. The van der Waals surface area contributed by atoms with Crippen molar-refractivity contribution in [2.75, 3.05) is 36.5 Å². The molecule has 1 fully saturated rings. The maximum atomic E-state index is 13.7. The lowest BCUT2D eigenvalue weighted by atomic mass is 10.0. The van der Waals surface area contributed by atoms with Crippen molar-refractivity contribution in [1.29, 1.82) is 0 Å². The smallest absolute Gasteiger partial charge is 0.256 e. The summed E-state index contributed by atoms with van der Waals surface area (Å²) in [6.45, 7) is 3.40. The lowest BCUT2D eigenvalue weighted by Crippen LogP contribution is -2.45. The number of sulfone groups is 1. The van der Waals surface area contributed by atoms with Crippen molar-refractivity contribution < 1.29 is 32.3 Å². The summed E-state index contributed by atoms with van der Waals surface area (Å²) in [7, 11) is -3.12. The number of aliphatic hydroxyl groups excluding tert-OH is 1. The molecule has 2 aromatic rings. The Morgan fingerprint density at radius 2 is 1.94 bits per heavy atom. The Balaban J connectivity index is 1.41. The van der Waals surface area contributed by atoms with E-state index in [0.717, 1.165) is 0 Å². The van der Waals surface area contributed by atoms with Gasteiger partial charge in [-0.25, -0.2) is 12.8 Å². The number of rotatable bonds is 6. The Morgan fingerprint density at radius 1 is 1.25 bits per heavy atom. The van der Waals surface area contributed by atoms with E-state index in [4.69, 9.17) is 0 Å². The van der Waals surface area contributed by atoms with E-state index in [1.54, 1.807) is 19.9 Å². The number of carbonyl (C=O) groups excluding carboxylic acids is 3. The molecule has 3 amide bonds. The van der Waals surface area contributed by atoms with Gasteiger partial charge in [0.15, 0.2) is 9.84 Å². The van der Waals surface area contributed by atoms with Gasteiger partial charge in [0.25, 0.3) is 11.8 Å². The van der Waals surface area contributed by atoms with Crippen LogP contribution >= 0.6 is 0 Å². The molecule has 12 heteroatoms. The minimum atomic E-state index is -3.12. The fraction of sp³-hybridized carbons (Fsp3) is 0.375. The van der Waals surface area contributed by atoms with E-state index in [0.29, 0.717) is 33.8 Å². The van der Waals surface area contributed by atoms with E-state index in [2.05, 4.69) is 15.6 Å². The SMILES string of the molecule is Cc1[nH]c(/C=C2\C(=O)Nc3ccc(F)cc32)c(C)c1C(=O)NCC(O)CC(=O)N1CCS(=O)(=O)CC1. The van der Waals surface area contributed by atoms with Crippen molar-refractivity contribution >= 4 is 44.9 Å². The van der Waals surface area contributed by atoms with Gasteiger partial charge in [0.1, 0.15) is 5.82 Å². The number of aliphatic hydroxyl groups is 1. The average Bonchev–Trinajstić information content (AvgIpc) is 3.26. The number of fused-ring (bicyclic) bond motifs is 1. The summed E-state index contributed by atoms with van der Waals surface area (Å²) in [4.78, 5) is 42.1. The maximum Gasteiger partial charge on any atom is 0.256 e. The predicted octanol–water partition coefficient (Wildman–Crippen LogP) is 1.00. The highest BCUT2D eigenvalue weighted by molar-refractivity contribution is 7.91. The first kappa shape index (κ1) is 25.6. The van der Waals surface area contributed by atoms with Crippen molar-refractivity contribution in [2.45, 2.75) is 26.4 Å². The molecule has 1 saturated heterocycles. The molecule has 1 unspecified atom stereocenters. The molecule has 0 spiro atoms. The Labute approximate surface area is 207 Å². The number of amides is 3. The van der Waals surface area contributed by atoms with Crippen LogP contribution in [0.2, 0.25) is 0 Å². The molecule has 3 heterocycles. The summed E-state index contributed by atoms with van der Waals surface area (Å²) in [5, 5.41) is 15.5.